The highest BCUT2D eigenvalue weighted by Crippen LogP contribution is 2.17. The van der Waals surface area contributed by atoms with Crippen LogP contribution < -0.4 is 10.1 Å². The summed E-state index contributed by atoms with van der Waals surface area (Å²) in [5.41, 5.74) is 0.824. The molecule has 2 aromatic rings. The number of sulfone groups is 1. The quantitative estimate of drug-likeness (QED) is 0.675. The van der Waals surface area contributed by atoms with Crippen LogP contribution in [0.3, 0.4) is 0 Å². The van der Waals surface area contributed by atoms with Gasteiger partial charge >= 0.3 is 0 Å². The van der Waals surface area contributed by atoms with Crippen LogP contribution in [0.1, 0.15) is 18.5 Å². The lowest BCUT2D eigenvalue weighted by Crippen LogP contribution is -2.31. The van der Waals surface area contributed by atoms with Crippen LogP contribution in [0.2, 0.25) is 0 Å². The van der Waals surface area contributed by atoms with Gasteiger partial charge in [-0.2, -0.15) is 0 Å². The molecule has 2 aromatic carbocycles. The van der Waals surface area contributed by atoms with Gasteiger partial charge in [-0.3, -0.25) is 4.79 Å². The Morgan fingerprint density at radius 2 is 1.71 bits per heavy atom. The van der Waals surface area contributed by atoms with Crippen molar-refractivity contribution in [1.29, 1.82) is 0 Å². The third-order valence-electron chi connectivity index (χ3n) is 3.37. The van der Waals surface area contributed by atoms with Crippen molar-refractivity contribution in [3.63, 3.8) is 0 Å². The molecule has 1 atom stereocenters. The Morgan fingerprint density at radius 3 is 2.25 bits per heavy atom. The van der Waals surface area contributed by atoms with E-state index in [1.807, 2.05) is 31.2 Å². The maximum Gasteiger partial charge on any atom is 0.258 e. The summed E-state index contributed by atoms with van der Waals surface area (Å²) in [4.78, 5) is 12.2. The third kappa shape index (κ3) is 5.48. The summed E-state index contributed by atoms with van der Waals surface area (Å²) in [5.74, 6) is 0.393. The van der Waals surface area contributed by atoms with Crippen molar-refractivity contribution < 1.29 is 17.9 Å². The first-order valence-corrected chi connectivity index (χ1v) is 10.2. The van der Waals surface area contributed by atoms with Gasteiger partial charge in [-0.05, 0) is 71.5 Å². The summed E-state index contributed by atoms with van der Waals surface area (Å²) in [6.45, 7) is 1.75. The molecule has 0 unspecified atom stereocenters. The van der Waals surface area contributed by atoms with Crippen LogP contribution in [-0.2, 0) is 14.6 Å². The van der Waals surface area contributed by atoms with Crippen molar-refractivity contribution >= 4 is 38.3 Å². The smallest absolute Gasteiger partial charge is 0.258 e. The van der Waals surface area contributed by atoms with Gasteiger partial charge in [0.2, 0.25) is 0 Å². The minimum atomic E-state index is -3.22. The lowest BCUT2D eigenvalue weighted by Gasteiger charge is -2.15. The monoisotopic (exact) mass is 459 g/mol. The summed E-state index contributed by atoms with van der Waals surface area (Å²) < 4.78 is 29.4. The van der Waals surface area contributed by atoms with Crippen LogP contribution in [0.4, 0.5) is 0 Å². The summed E-state index contributed by atoms with van der Waals surface area (Å²) in [7, 11) is -3.22. The van der Waals surface area contributed by atoms with Crippen molar-refractivity contribution in [1.82, 2.24) is 5.32 Å². The molecule has 0 spiro atoms. The van der Waals surface area contributed by atoms with Gasteiger partial charge in [-0.15, -0.1) is 0 Å². The normalized spacial score (nSPS) is 12.5. The second-order valence-electron chi connectivity index (χ2n) is 5.37. The standard InChI is InChI=1S/C17H18INO4S/c1-12(13-3-9-16(10-4-13)24(2,21)22)19-17(20)11-23-15-7-5-14(18)6-8-15/h3-10,12H,11H2,1-2H3,(H,19,20)/t12-/m1/s1. The van der Waals surface area contributed by atoms with E-state index in [0.717, 1.165) is 15.4 Å². The highest BCUT2D eigenvalue weighted by atomic mass is 127. The zero-order chi connectivity index (χ0) is 17.7. The molecule has 0 aromatic heterocycles. The first-order valence-electron chi connectivity index (χ1n) is 7.23. The van der Waals surface area contributed by atoms with E-state index in [1.165, 1.54) is 12.1 Å². The number of nitrogens with one attached hydrogen (secondary N) is 1. The van der Waals surface area contributed by atoms with Crippen molar-refractivity contribution in [2.45, 2.75) is 17.9 Å². The number of carbonyl (C=O) groups excluding carboxylic acids is 1. The van der Waals surface area contributed by atoms with Crippen LogP contribution in [0.15, 0.2) is 53.4 Å². The molecule has 0 radical (unpaired) electrons. The Kier molecular flexibility index (Phi) is 6.22. The van der Waals surface area contributed by atoms with Crippen molar-refractivity contribution in [3.8, 4) is 5.75 Å². The van der Waals surface area contributed by atoms with Gasteiger partial charge in [0.1, 0.15) is 5.75 Å². The zero-order valence-corrected chi connectivity index (χ0v) is 16.3. The summed E-state index contributed by atoms with van der Waals surface area (Å²) in [6.07, 6.45) is 1.16. The van der Waals surface area contributed by atoms with Crippen LogP contribution >= 0.6 is 22.6 Å². The molecule has 2 rings (SSSR count). The molecule has 7 heteroatoms. The summed E-state index contributed by atoms with van der Waals surface area (Å²) in [5, 5.41) is 2.82. The van der Waals surface area contributed by atoms with Gasteiger partial charge in [-0.1, -0.05) is 12.1 Å². The predicted molar refractivity (Wildman–Crippen MR) is 101 cm³/mol. The molecule has 0 bridgehead atoms. The Hall–Kier alpha value is -1.61. The van der Waals surface area contributed by atoms with Gasteiger partial charge in [0.15, 0.2) is 16.4 Å². The Bertz CT molecular complexity index is 801. The number of ether oxygens (including phenoxy) is 1. The molecule has 0 aliphatic rings. The Balaban J connectivity index is 1.90. The second kappa shape index (κ2) is 7.98. The number of halogens is 1. The SMILES string of the molecule is C[C@@H](NC(=O)COc1ccc(I)cc1)c1ccc(S(C)(=O)=O)cc1. The lowest BCUT2D eigenvalue weighted by molar-refractivity contribution is -0.123. The van der Waals surface area contributed by atoms with E-state index in [9.17, 15) is 13.2 Å². The molecule has 0 saturated carbocycles. The van der Waals surface area contributed by atoms with E-state index in [2.05, 4.69) is 27.9 Å². The Morgan fingerprint density at radius 1 is 1.12 bits per heavy atom. The first kappa shape index (κ1) is 18.7. The highest BCUT2D eigenvalue weighted by Gasteiger charge is 2.12. The maximum atomic E-state index is 12.0. The van der Waals surface area contributed by atoms with E-state index in [0.29, 0.717) is 5.75 Å². The van der Waals surface area contributed by atoms with Crippen molar-refractivity contribution in [2.24, 2.45) is 0 Å². The predicted octanol–water partition coefficient (Wildman–Crippen LogP) is 2.95. The average Bonchev–Trinajstić information content (AvgIpc) is 2.53. The molecular formula is C17H18INO4S. The van der Waals surface area contributed by atoms with Crippen LogP contribution in [0.25, 0.3) is 0 Å². The van der Waals surface area contributed by atoms with Gasteiger partial charge in [0.05, 0.1) is 10.9 Å². The molecule has 5 nitrogen and oxygen atoms in total. The van der Waals surface area contributed by atoms with Crippen molar-refractivity contribution in [3.05, 3.63) is 57.7 Å². The maximum absolute atomic E-state index is 12.0. The number of benzene rings is 2. The van der Waals surface area contributed by atoms with E-state index in [-0.39, 0.29) is 23.5 Å². The molecule has 1 amide bonds. The van der Waals surface area contributed by atoms with Gasteiger partial charge < -0.3 is 10.1 Å². The molecule has 0 aliphatic carbocycles. The number of hydrogen-bond donors (Lipinski definition) is 1. The third-order valence-corrected chi connectivity index (χ3v) is 5.22. The fourth-order valence-electron chi connectivity index (χ4n) is 2.05. The summed E-state index contributed by atoms with van der Waals surface area (Å²) in [6, 6.07) is 13.6. The largest absolute Gasteiger partial charge is 0.484 e. The molecule has 0 aliphatic heterocycles. The number of rotatable bonds is 6. The highest BCUT2D eigenvalue weighted by molar-refractivity contribution is 14.1. The van der Waals surface area contributed by atoms with E-state index < -0.39 is 9.84 Å². The van der Waals surface area contributed by atoms with Gasteiger partial charge in [0, 0.05) is 9.83 Å². The van der Waals surface area contributed by atoms with Gasteiger partial charge in [0.25, 0.3) is 5.91 Å². The Labute approximate surface area is 155 Å². The van der Waals surface area contributed by atoms with Gasteiger partial charge in [-0.25, -0.2) is 8.42 Å². The van der Waals surface area contributed by atoms with Crippen molar-refractivity contribution in [2.75, 3.05) is 12.9 Å². The zero-order valence-electron chi connectivity index (χ0n) is 13.3. The molecule has 1 N–H and O–H groups in total. The van der Waals surface area contributed by atoms with Crippen LogP contribution in [0.5, 0.6) is 5.75 Å². The molecule has 128 valence electrons. The minimum absolute atomic E-state index is 0.0770. The second-order valence-corrected chi connectivity index (χ2v) is 8.63. The van der Waals surface area contributed by atoms with Crippen LogP contribution in [-0.4, -0.2) is 27.2 Å². The first-order chi connectivity index (χ1) is 11.3. The molecule has 0 heterocycles. The van der Waals surface area contributed by atoms with E-state index >= 15 is 0 Å². The molecule has 0 fully saturated rings. The molecular weight excluding hydrogens is 441 g/mol. The average molecular weight is 459 g/mol. The topological polar surface area (TPSA) is 72.5 Å². The molecule has 0 saturated heterocycles. The number of amides is 1. The fraction of sp³-hybridized carbons (Fsp3) is 0.235. The fourth-order valence-corrected chi connectivity index (χ4v) is 3.04. The minimum Gasteiger partial charge on any atom is -0.484 e. The lowest BCUT2D eigenvalue weighted by atomic mass is 10.1. The number of hydrogen-bond acceptors (Lipinski definition) is 4. The molecule has 24 heavy (non-hydrogen) atoms. The number of carbonyl (C=O) groups is 1. The van der Waals surface area contributed by atoms with Crippen LogP contribution in [0, 0.1) is 3.57 Å². The van der Waals surface area contributed by atoms with E-state index in [1.54, 1.807) is 12.1 Å². The van der Waals surface area contributed by atoms with E-state index in [4.69, 9.17) is 4.74 Å². The summed E-state index contributed by atoms with van der Waals surface area (Å²) >= 11 is 2.20.